The lowest BCUT2D eigenvalue weighted by Gasteiger charge is -2.13. The summed E-state index contributed by atoms with van der Waals surface area (Å²) in [5.41, 5.74) is 0.511. The van der Waals surface area contributed by atoms with Crippen LogP contribution in [0.3, 0.4) is 0 Å². The van der Waals surface area contributed by atoms with E-state index in [9.17, 15) is 18.4 Å². The molecule has 1 fully saturated rings. The molecule has 7 nitrogen and oxygen atoms in total. The Balaban J connectivity index is 0.00000126. The molecular formula is C18H20F2N2O5. The van der Waals surface area contributed by atoms with Gasteiger partial charge in [0, 0.05) is 24.5 Å². The number of amides is 1. The SMILES string of the molecule is C=C.COC(=O)C1CC(NC(=O)C2CC(c3cc(F)cc(F)c3)=NO2)CO1. The van der Waals surface area contributed by atoms with Crippen molar-refractivity contribution in [1.82, 2.24) is 5.32 Å². The summed E-state index contributed by atoms with van der Waals surface area (Å²) >= 11 is 0. The average Bonchev–Trinajstić information content (AvgIpc) is 3.31. The number of hydrogen-bond acceptors (Lipinski definition) is 6. The van der Waals surface area contributed by atoms with Crippen LogP contribution in [0.5, 0.6) is 0 Å². The molecule has 0 saturated carbocycles. The second kappa shape index (κ2) is 9.22. The molecule has 3 rings (SSSR count). The first kappa shape index (κ1) is 20.5. The van der Waals surface area contributed by atoms with Crippen LogP contribution in [-0.4, -0.2) is 49.6 Å². The number of esters is 1. The molecule has 3 atom stereocenters. The lowest BCUT2D eigenvalue weighted by Crippen LogP contribution is -2.42. The molecule has 0 spiro atoms. The molecule has 1 N–H and O–H groups in total. The van der Waals surface area contributed by atoms with Crippen LogP contribution in [-0.2, 0) is 23.9 Å². The van der Waals surface area contributed by atoms with Crippen molar-refractivity contribution >= 4 is 17.6 Å². The van der Waals surface area contributed by atoms with Crippen LogP contribution in [0, 0.1) is 11.6 Å². The van der Waals surface area contributed by atoms with Crippen LogP contribution in [0.4, 0.5) is 8.78 Å². The van der Waals surface area contributed by atoms with E-state index in [0.717, 1.165) is 18.2 Å². The zero-order valence-electron chi connectivity index (χ0n) is 14.7. The Hall–Kier alpha value is -2.81. The van der Waals surface area contributed by atoms with Crippen molar-refractivity contribution in [2.75, 3.05) is 13.7 Å². The number of carbonyl (C=O) groups is 2. The van der Waals surface area contributed by atoms with E-state index in [1.165, 1.54) is 7.11 Å². The summed E-state index contributed by atoms with van der Waals surface area (Å²) in [5.74, 6) is -2.40. The lowest BCUT2D eigenvalue weighted by molar-refractivity contribution is -0.151. The predicted molar refractivity (Wildman–Crippen MR) is 91.9 cm³/mol. The molecule has 2 aliphatic rings. The molecule has 1 aromatic carbocycles. The van der Waals surface area contributed by atoms with Gasteiger partial charge in [-0.05, 0) is 12.1 Å². The molecule has 1 amide bonds. The van der Waals surface area contributed by atoms with Gasteiger partial charge in [-0.2, -0.15) is 0 Å². The van der Waals surface area contributed by atoms with E-state index >= 15 is 0 Å². The van der Waals surface area contributed by atoms with Crippen LogP contribution in [0.1, 0.15) is 18.4 Å². The summed E-state index contributed by atoms with van der Waals surface area (Å²) in [6.07, 6.45) is -1.23. The van der Waals surface area contributed by atoms with Gasteiger partial charge in [-0.15, -0.1) is 13.2 Å². The molecule has 9 heteroatoms. The number of halogens is 2. The topological polar surface area (TPSA) is 86.2 Å². The smallest absolute Gasteiger partial charge is 0.335 e. The maximum absolute atomic E-state index is 13.3. The van der Waals surface area contributed by atoms with Crippen LogP contribution in [0.2, 0.25) is 0 Å². The Morgan fingerprint density at radius 3 is 2.52 bits per heavy atom. The normalized spacial score (nSPS) is 23.5. The van der Waals surface area contributed by atoms with E-state index in [-0.39, 0.29) is 30.3 Å². The van der Waals surface area contributed by atoms with Gasteiger partial charge in [-0.1, -0.05) is 5.16 Å². The Kier molecular flexibility index (Phi) is 7.00. The molecule has 1 aromatic rings. The van der Waals surface area contributed by atoms with Crippen molar-refractivity contribution < 1.29 is 32.7 Å². The summed E-state index contributed by atoms with van der Waals surface area (Å²) in [4.78, 5) is 28.7. The number of nitrogens with one attached hydrogen (secondary N) is 1. The highest BCUT2D eigenvalue weighted by Crippen LogP contribution is 2.20. The van der Waals surface area contributed by atoms with Crippen molar-refractivity contribution in [2.45, 2.75) is 31.1 Å². The molecule has 0 aliphatic carbocycles. The number of methoxy groups -OCH3 is 1. The van der Waals surface area contributed by atoms with E-state index in [1.54, 1.807) is 0 Å². The largest absolute Gasteiger partial charge is 0.467 e. The van der Waals surface area contributed by atoms with Gasteiger partial charge in [-0.3, -0.25) is 4.79 Å². The third-order valence-electron chi connectivity index (χ3n) is 3.96. The summed E-state index contributed by atoms with van der Waals surface area (Å²) in [5, 5.41) is 6.45. The minimum absolute atomic E-state index is 0.0860. The third-order valence-corrected chi connectivity index (χ3v) is 3.96. The highest BCUT2D eigenvalue weighted by molar-refractivity contribution is 6.04. The first-order valence-electron chi connectivity index (χ1n) is 8.15. The maximum Gasteiger partial charge on any atom is 0.335 e. The second-order valence-corrected chi connectivity index (χ2v) is 5.78. The highest BCUT2D eigenvalue weighted by atomic mass is 19.1. The van der Waals surface area contributed by atoms with E-state index in [4.69, 9.17) is 9.57 Å². The van der Waals surface area contributed by atoms with Gasteiger partial charge in [0.05, 0.1) is 25.5 Å². The Bertz CT molecular complexity index is 720. The number of nitrogens with zero attached hydrogens (tertiary/aromatic N) is 1. The molecular weight excluding hydrogens is 362 g/mol. The van der Waals surface area contributed by atoms with Gasteiger partial charge >= 0.3 is 5.97 Å². The van der Waals surface area contributed by atoms with E-state index in [0.29, 0.717) is 6.42 Å². The van der Waals surface area contributed by atoms with Crippen LogP contribution >= 0.6 is 0 Å². The molecule has 2 heterocycles. The van der Waals surface area contributed by atoms with E-state index < -0.39 is 35.7 Å². The fourth-order valence-corrected chi connectivity index (χ4v) is 2.73. The number of oxime groups is 1. The molecule has 1 saturated heterocycles. The summed E-state index contributed by atoms with van der Waals surface area (Å²) < 4.78 is 36.4. The summed E-state index contributed by atoms with van der Waals surface area (Å²) in [6.45, 7) is 6.18. The quantitative estimate of drug-likeness (QED) is 0.633. The number of carbonyl (C=O) groups excluding carboxylic acids is 2. The lowest BCUT2D eigenvalue weighted by atomic mass is 10.0. The zero-order valence-corrected chi connectivity index (χ0v) is 14.7. The van der Waals surface area contributed by atoms with E-state index in [2.05, 4.69) is 28.4 Å². The molecule has 0 bridgehead atoms. The van der Waals surface area contributed by atoms with Gasteiger partial charge in [-0.25, -0.2) is 13.6 Å². The van der Waals surface area contributed by atoms with Crippen LogP contribution < -0.4 is 5.32 Å². The van der Waals surface area contributed by atoms with Gasteiger partial charge in [0.25, 0.3) is 5.91 Å². The molecule has 0 radical (unpaired) electrons. The average molecular weight is 382 g/mol. The van der Waals surface area contributed by atoms with E-state index in [1.807, 2.05) is 0 Å². The van der Waals surface area contributed by atoms with Crippen molar-refractivity contribution in [2.24, 2.45) is 5.16 Å². The number of rotatable bonds is 4. The maximum atomic E-state index is 13.3. The second-order valence-electron chi connectivity index (χ2n) is 5.78. The van der Waals surface area contributed by atoms with Gasteiger partial charge < -0.3 is 19.6 Å². The number of ether oxygens (including phenoxy) is 2. The van der Waals surface area contributed by atoms with Crippen molar-refractivity contribution in [3.63, 3.8) is 0 Å². The van der Waals surface area contributed by atoms with Gasteiger partial charge in [0.2, 0.25) is 6.10 Å². The minimum Gasteiger partial charge on any atom is -0.467 e. The molecule has 27 heavy (non-hydrogen) atoms. The molecule has 2 aliphatic heterocycles. The van der Waals surface area contributed by atoms with Crippen LogP contribution in [0.25, 0.3) is 0 Å². The minimum atomic E-state index is -0.904. The first-order valence-corrected chi connectivity index (χ1v) is 8.15. The Morgan fingerprint density at radius 1 is 1.22 bits per heavy atom. The van der Waals surface area contributed by atoms with Gasteiger partial charge in [0.1, 0.15) is 11.6 Å². The third kappa shape index (κ3) is 5.10. The Morgan fingerprint density at radius 2 is 1.89 bits per heavy atom. The fraction of sp³-hybridized carbons (Fsp3) is 0.389. The summed E-state index contributed by atoms with van der Waals surface area (Å²) in [7, 11) is 1.26. The molecule has 146 valence electrons. The summed E-state index contributed by atoms with van der Waals surface area (Å²) in [6, 6.07) is 2.65. The van der Waals surface area contributed by atoms with Crippen molar-refractivity contribution in [3.05, 3.63) is 48.6 Å². The number of hydrogen-bond donors (Lipinski definition) is 1. The molecule has 3 unspecified atom stereocenters. The predicted octanol–water partition coefficient (Wildman–Crippen LogP) is 1.71. The van der Waals surface area contributed by atoms with Crippen LogP contribution in [0.15, 0.2) is 36.5 Å². The standard InChI is InChI=1S/C16H16F2N2O5.C2H4/c1-23-16(22)14-5-11(7-24-14)19-15(21)13-6-12(20-25-13)8-2-9(17)4-10(18)3-8;1-2/h2-4,11,13-14H,5-7H2,1H3,(H,19,21);1-2H2. The number of benzene rings is 1. The Labute approximate surface area is 155 Å². The zero-order chi connectivity index (χ0) is 20.0. The van der Waals surface area contributed by atoms with Gasteiger partial charge in [0.15, 0.2) is 6.10 Å². The first-order chi connectivity index (χ1) is 13.0. The van der Waals surface area contributed by atoms with Crippen molar-refractivity contribution in [3.8, 4) is 0 Å². The highest BCUT2D eigenvalue weighted by Gasteiger charge is 2.36. The monoisotopic (exact) mass is 382 g/mol. The van der Waals surface area contributed by atoms with Crippen molar-refractivity contribution in [1.29, 1.82) is 0 Å². The molecule has 0 aromatic heterocycles. The fourth-order valence-electron chi connectivity index (χ4n) is 2.73.